The molecule has 18 heavy (non-hydrogen) atoms. The molecule has 1 saturated carbocycles. The molecule has 0 saturated heterocycles. The lowest BCUT2D eigenvalue weighted by atomic mass is 10.2. The van der Waals surface area contributed by atoms with Crippen molar-refractivity contribution >= 4 is 11.9 Å². The van der Waals surface area contributed by atoms with Crippen LogP contribution in [0.2, 0.25) is 0 Å². The minimum Gasteiger partial charge on any atom is -0.443 e. The number of rotatable bonds is 2. The number of ether oxygens (including phenoxy) is 1. The highest BCUT2D eigenvalue weighted by Crippen LogP contribution is 2.20. The number of carbonyl (C=O) groups excluding carboxylic acids is 1. The predicted molar refractivity (Wildman–Crippen MR) is 72.5 cm³/mol. The van der Waals surface area contributed by atoms with Gasteiger partial charge in [0.25, 0.3) is 0 Å². The molecule has 104 valence electrons. The monoisotopic (exact) mass is 255 g/mol. The molecule has 0 spiro atoms. The molecule has 1 rings (SSSR count). The van der Waals surface area contributed by atoms with Crippen LogP contribution in [-0.2, 0) is 4.74 Å². The van der Waals surface area contributed by atoms with Crippen molar-refractivity contribution in [2.24, 2.45) is 4.99 Å². The molecule has 0 aliphatic heterocycles. The maximum atomic E-state index is 11.5. The standard InChI is InChI=1S/C13H25N3O2/c1-5-11(14-10-8-6-7-9-10)15-16-12(17)18-13(2,3)4/h10H,5-9H2,1-4H3,(H,14,15)(H,16,17). The van der Waals surface area contributed by atoms with E-state index in [2.05, 4.69) is 15.8 Å². The quantitative estimate of drug-likeness (QED) is 0.453. The average molecular weight is 255 g/mol. The number of nitrogens with one attached hydrogen (secondary N) is 2. The van der Waals surface area contributed by atoms with E-state index in [9.17, 15) is 4.79 Å². The van der Waals surface area contributed by atoms with Gasteiger partial charge in [-0.25, -0.2) is 10.2 Å². The normalized spacial score (nSPS) is 17.7. The smallest absolute Gasteiger partial charge is 0.426 e. The molecule has 0 heterocycles. The summed E-state index contributed by atoms with van der Waals surface area (Å²) in [5, 5.41) is 0. The first-order valence-electron chi connectivity index (χ1n) is 6.72. The molecule has 5 nitrogen and oxygen atoms in total. The molecule has 1 amide bonds. The van der Waals surface area contributed by atoms with Crippen LogP contribution in [0, 0.1) is 0 Å². The van der Waals surface area contributed by atoms with E-state index in [4.69, 9.17) is 4.74 Å². The van der Waals surface area contributed by atoms with Gasteiger partial charge in [-0.2, -0.15) is 0 Å². The van der Waals surface area contributed by atoms with Crippen LogP contribution >= 0.6 is 0 Å². The number of nitrogens with zero attached hydrogens (tertiary/aromatic N) is 1. The van der Waals surface area contributed by atoms with Crippen LogP contribution in [0.25, 0.3) is 0 Å². The van der Waals surface area contributed by atoms with Gasteiger partial charge in [-0.05, 0) is 33.6 Å². The molecule has 0 unspecified atom stereocenters. The van der Waals surface area contributed by atoms with Crippen molar-refractivity contribution in [1.29, 1.82) is 0 Å². The summed E-state index contributed by atoms with van der Waals surface area (Å²) in [5.74, 6) is 0.813. The van der Waals surface area contributed by atoms with E-state index in [1.807, 2.05) is 27.7 Å². The third-order valence-corrected chi connectivity index (χ3v) is 2.71. The second-order valence-electron chi connectivity index (χ2n) is 5.62. The van der Waals surface area contributed by atoms with Gasteiger partial charge < -0.3 is 4.74 Å². The maximum Gasteiger partial charge on any atom is 0.426 e. The molecule has 2 N–H and O–H groups in total. The molecule has 1 aliphatic carbocycles. The van der Waals surface area contributed by atoms with E-state index < -0.39 is 11.7 Å². The van der Waals surface area contributed by atoms with Crippen LogP contribution in [0.15, 0.2) is 4.99 Å². The molecule has 5 heteroatoms. The topological polar surface area (TPSA) is 62.7 Å². The maximum absolute atomic E-state index is 11.5. The summed E-state index contributed by atoms with van der Waals surface area (Å²) in [6.07, 6.45) is 5.10. The van der Waals surface area contributed by atoms with Gasteiger partial charge >= 0.3 is 6.09 Å². The SMILES string of the molecule is CCC(=NC1CCCC1)NNC(=O)OC(C)(C)C. The molecule has 1 aliphatic rings. The fraction of sp³-hybridized carbons (Fsp3) is 0.846. The Hall–Kier alpha value is -1.26. The summed E-state index contributed by atoms with van der Waals surface area (Å²) in [6.45, 7) is 7.51. The van der Waals surface area contributed by atoms with Crippen LogP contribution < -0.4 is 10.9 Å². The summed E-state index contributed by atoms with van der Waals surface area (Å²) in [7, 11) is 0. The van der Waals surface area contributed by atoms with Crippen molar-refractivity contribution in [2.75, 3.05) is 0 Å². The van der Waals surface area contributed by atoms with Crippen LogP contribution in [-0.4, -0.2) is 23.6 Å². The van der Waals surface area contributed by atoms with Gasteiger partial charge in [-0.1, -0.05) is 19.8 Å². The van der Waals surface area contributed by atoms with Crippen LogP contribution in [0.5, 0.6) is 0 Å². The first-order chi connectivity index (χ1) is 8.40. The van der Waals surface area contributed by atoms with E-state index in [0.29, 0.717) is 6.04 Å². The van der Waals surface area contributed by atoms with Crippen molar-refractivity contribution in [3.05, 3.63) is 0 Å². The predicted octanol–water partition coefficient (Wildman–Crippen LogP) is 2.77. The summed E-state index contributed by atoms with van der Waals surface area (Å²) in [5.41, 5.74) is 4.88. The van der Waals surface area contributed by atoms with Crippen molar-refractivity contribution in [2.45, 2.75) is 71.4 Å². The molecule has 0 atom stereocenters. The Kier molecular flexibility index (Phi) is 5.44. The zero-order chi connectivity index (χ0) is 13.6. The molecular formula is C13H25N3O2. The minimum atomic E-state index is -0.485. The first-order valence-corrected chi connectivity index (χ1v) is 6.72. The van der Waals surface area contributed by atoms with E-state index in [1.165, 1.54) is 12.8 Å². The molecule has 0 aromatic heterocycles. The molecule has 0 aromatic rings. The largest absolute Gasteiger partial charge is 0.443 e. The average Bonchev–Trinajstić information content (AvgIpc) is 2.74. The summed E-state index contributed by atoms with van der Waals surface area (Å²) in [6, 6.07) is 0.410. The molecular weight excluding hydrogens is 230 g/mol. The summed E-state index contributed by atoms with van der Waals surface area (Å²) < 4.78 is 5.14. The zero-order valence-electron chi connectivity index (χ0n) is 11.9. The van der Waals surface area contributed by atoms with E-state index >= 15 is 0 Å². The van der Waals surface area contributed by atoms with Gasteiger partial charge in [0.05, 0.1) is 6.04 Å². The van der Waals surface area contributed by atoms with Gasteiger partial charge in [0, 0.05) is 6.42 Å². The summed E-state index contributed by atoms with van der Waals surface area (Å²) >= 11 is 0. The lowest BCUT2D eigenvalue weighted by molar-refractivity contribution is 0.0512. The number of amides is 1. The van der Waals surface area contributed by atoms with Gasteiger partial charge in [0.1, 0.15) is 11.4 Å². The number of hydrogen-bond acceptors (Lipinski definition) is 3. The number of carbonyl (C=O) groups is 1. The zero-order valence-corrected chi connectivity index (χ0v) is 11.9. The van der Waals surface area contributed by atoms with Crippen molar-refractivity contribution in [1.82, 2.24) is 10.9 Å². The number of amidine groups is 1. The number of hydrogen-bond donors (Lipinski definition) is 2. The number of aliphatic imine (C=N–C) groups is 1. The Morgan fingerprint density at radius 3 is 2.39 bits per heavy atom. The highest BCUT2D eigenvalue weighted by Gasteiger charge is 2.17. The number of hydrazine groups is 1. The highest BCUT2D eigenvalue weighted by atomic mass is 16.6. The van der Waals surface area contributed by atoms with Crippen molar-refractivity contribution in [3.8, 4) is 0 Å². The molecule has 0 aromatic carbocycles. The van der Waals surface area contributed by atoms with Gasteiger partial charge in [-0.15, -0.1) is 0 Å². The third-order valence-electron chi connectivity index (χ3n) is 2.71. The van der Waals surface area contributed by atoms with Crippen molar-refractivity contribution < 1.29 is 9.53 Å². The lowest BCUT2D eigenvalue weighted by Gasteiger charge is -2.20. The van der Waals surface area contributed by atoms with E-state index in [1.54, 1.807) is 0 Å². The van der Waals surface area contributed by atoms with E-state index in [0.717, 1.165) is 25.1 Å². The molecule has 1 fully saturated rings. The van der Waals surface area contributed by atoms with E-state index in [-0.39, 0.29) is 0 Å². The fourth-order valence-electron chi connectivity index (χ4n) is 1.89. The Morgan fingerprint density at radius 2 is 1.89 bits per heavy atom. The Balaban J connectivity index is 2.37. The molecule has 0 bridgehead atoms. The van der Waals surface area contributed by atoms with Crippen LogP contribution in [0.4, 0.5) is 4.79 Å². The third kappa shape index (κ3) is 5.89. The summed E-state index contributed by atoms with van der Waals surface area (Å²) in [4.78, 5) is 16.1. The van der Waals surface area contributed by atoms with Gasteiger partial charge in [-0.3, -0.25) is 10.4 Å². The van der Waals surface area contributed by atoms with Gasteiger partial charge in [0.15, 0.2) is 0 Å². The highest BCUT2D eigenvalue weighted by molar-refractivity contribution is 5.84. The second-order valence-corrected chi connectivity index (χ2v) is 5.62. The minimum absolute atomic E-state index is 0.410. The molecule has 0 radical (unpaired) electrons. The second kappa shape index (κ2) is 6.61. The first kappa shape index (κ1) is 14.8. The van der Waals surface area contributed by atoms with Crippen LogP contribution in [0.3, 0.4) is 0 Å². The van der Waals surface area contributed by atoms with Crippen molar-refractivity contribution in [3.63, 3.8) is 0 Å². The van der Waals surface area contributed by atoms with Crippen LogP contribution in [0.1, 0.15) is 59.8 Å². The lowest BCUT2D eigenvalue weighted by Crippen LogP contribution is -2.44. The Labute approximate surface area is 109 Å². The Bertz CT molecular complexity index is 302. The Morgan fingerprint density at radius 1 is 1.28 bits per heavy atom. The fourth-order valence-corrected chi connectivity index (χ4v) is 1.89. The van der Waals surface area contributed by atoms with Gasteiger partial charge in [0.2, 0.25) is 0 Å².